The molecular weight excluding hydrogens is 164 g/mol. The SMILES string of the molecule is Cc1cc(Cl)c2nncn2n1. The third-order valence-electron chi connectivity index (χ3n) is 1.35. The lowest BCUT2D eigenvalue weighted by Crippen LogP contribution is -1.92. The number of aryl methyl sites for hydroxylation is 1. The van der Waals surface area contributed by atoms with E-state index in [-0.39, 0.29) is 0 Å². The number of halogens is 1. The molecular formula is C6H5ClN4. The lowest BCUT2D eigenvalue weighted by molar-refractivity contribution is 0.894. The Balaban J connectivity index is 2.91. The van der Waals surface area contributed by atoms with Gasteiger partial charge < -0.3 is 0 Å². The molecule has 0 bridgehead atoms. The van der Waals surface area contributed by atoms with Crippen molar-refractivity contribution in [3.63, 3.8) is 0 Å². The van der Waals surface area contributed by atoms with Crippen LogP contribution < -0.4 is 0 Å². The van der Waals surface area contributed by atoms with Crippen molar-refractivity contribution in [1.29, 1.82) is 0 Å². The van der Waals surface area contributed by atoms with Crippen LogP contribution in [0.2, 0.25) is 5.02 Å². The van der Waals surface area contributed by atoms with E-state index in [0.29, 0.717) is 10.7 Å². The minimum absolute atomic E-state index is 0.579. The van der Waals surface area contributed by atoms with E-state index in [0.717, 1.165) is 5.69 Å². The number of hydrogen-bond acceptors (Lipinski definition) is 3. The maximum Gasteiger partial charge on any atom is 0.196 e. The Morgan fingerprint density at radius 2 is 2.36 bits per heavy atom. The topological polar surface area (TPSA) is 43.1 Å². The van der Waals surface area contributed by atoms with Gasteiger partial charge in [0, 0.05) is 0 Å². The van der Waals surface area contributed by atoms with E-state index in [1.54, 1.807) is 10.6 Å². The van der Waals surface area contributed by atoms with E-state index in [2.05, 4.69) is 15.3 Å². The molecule has 0 N–H and O–H groups in total. The molecule has 0 aliphatic rings. The second-order valence-corrected chi connectivity index (χ2v) is 2.64. The second kappa shape index (κ2) is 2.17. The third kappa shape index (κ3) is 0.952. The molecule has 0 radical (unpaired) electrons. The van der Waals surface area contributed by atoms with Crippen LogP contribution in [-0.2, 0) is 0 Å². The van der Waals surface area contributed by atoms with Crippen molar-refractivity contribution in [3.8, 4) is 0 Å². The standard InChI is InChI=1S/C6H5ClN4/c1-4-2-5(7)6-9-8-3-11(6)10-4/h2-3H,1H3. The Morgan fingerprint density at radius 3 is 3.18 bits per heavy atom. The van der Waals surface area contributed by atoms with E-state index in [1.807, 2.05) is 6.92 Å². The Hall–Kier alpha value is -1.16. The van der Waals surface area contributed by atoms with E-state index < -0.39 is 0 Å². The highest BCUT2D eigenvalue weighted by atomic mass is 35.5. The van der Waals surface area contributed by atoms with Crippen molar-refractivity contribution in [2.75, 3.05) is 0 Å². The number of rotatable bonds is 0. The average Bonchev–Trinajstić information content (AvgIpc) is 2.34. The Bertz CT molecular complexity index is 394. The molecule has 2 aromatic heterocycles. The molecule has 56 valence electrons. The molecule has 0 saturated carbocycles. The summed E-state index contributed by atoms with van der Waals surface area (Å²) in [6.45, 7) is 1.87. The van der Waals surface area contributed by atoms with Crippen molar-refractivity contribution in [1.82, 2.24) is 19.8 Å². The molecule has 4 nitrogen and oxygen atoms in total. The van der Waals surface area contributed by atoms with Crippen LogP contribution in [0, 0.1) is 6.92 Å². The van der Waals surface area contributed by atoms with Crippen LogP contribution in [0.5, 0.6) is 0 Å². The Kier molecular flexibility index (Phi) is 1.29. The van der Waals surface area contributed by atoms with E-state index in [9.17, 15) is 0 Å². The van der Waals surface area contributed by atoms with Gasteiger partial charge in [-0.3, -0.25) is 0 Å². The summed E-state index contributed by atoms with van der Waals surface area (Å²) in [6, 6.07) is 1.76. The molecule has 2 heterocycles. The minimum atomic E-state index is 0.579. The predicted molar refractivity (Wildman–Crippen MR) is 40.5 cm³/mol. The van der Waals surface area contributed by atoms with Gasteiger partial charge in [-0.25, -0.2) is 0 Å². The maximum atomic E-state index is 5.84. The predicted octanol–water partition coefficient (Wildman–Crippen LogP) is 1.09. The zero-order chi connectivity index (χ0) is 7.84. The van der Waals surface area contributed by atoms with E-state index in [1.165, 1.54) is 6.33 Å². The van der Waals surface area contributed by atoms with Crippen LogP contribution in [0.1, 0.15) is 5.69 Å². The third-order valence-corrected chi connectivity index (χ3v) is 1.62. The molecule has 11 heavy (non-hydrogen) atoms. The molecule has 0 atom stereocenters. The lowest BCUT2D eigenvalue weighted by Gasteiger charge is -1.94. The van der Waals surface area contributed by atoms with Crippen LogP contribution in [0.25, 0.3) is 5.65 Å². The van der Waals surface area contributed by atoms with Crippen LogP contribution in [-0.4, -0.2) is 19.8 Å². The van der Waals surface area contributed by atoms with Gasteiger partial charge in [-0.1, -0.05) is 11.6 Å². The van der Waals surface area contributed by atoms with Crippen molar-refractivity contribution in [3.05, 3.63) is 23.1 Å². The molecule has 0 amide bonds. The first-order valence-electron chi connectivity index (χ1n) is 3.10. The summed E-state index contributed by atoms with van der Waals surface area (Å²) in [4.78, 5) is 0. The fraction of sp³-hybridized carbons (Fsp3) is 0.167. The first-order valence-corrected chi connectivity index (χ1v) is 3.48. The van der Waals surface area contributed by atoms with Gasteiger partial charge in [0.25, 0.3) is 0 Å². The van der Waals surface area contributed by atoms with Crippen molar-refractivity contribution < 1.29 is 0 Å². The summed E-state index contributed by atoms with van der Waals surface area (Å²) in [5.41, 5.74) is 1.44. The van der Waals surface area contributed by atoms with Gasteiger partial charge in [0.15, 0.2) is 5.65 Å². The maximum absolute atomic E-state index is 5.84. The van der Waals surface area contributed by atoms with Crippen LogP contribution in [0.4, 0.5) is 0 Å². The van der Waals surface area contributed by atoms with E-state index in [4.69, 9.17) is 11.6 Å². The highest BCUT2D eigenvalue weighted by molar-refractivity contribution is 6.33. The zero-order valence-corrected chi connectivity index (χ0v) is 6.58. The number of aromatic nitrogens is 4. The molecule has 0 aliphatic carbocycles. The highest BCUT2D eigenvalue weighted by Crippen LogP contribution is 2.13. The molecule has 0 unspecified atom stereocenters. The van der Waals surface area contributed by atoms with Crippen LogP contribution >= 0.6 is 11.6 Å². The molecule has 0 fully saturated rings. The van der Waals surface area contributed by atoms with Crippen LogP contribution in [0.15, 0.2) is 12.4 Å². The van der Waals surface area contributed by atoms with Gasteiger partial charge in [0.1, 0.15) is 6.33 Å². The molecule has 0 saturated heterocycles. The highest BCUT2D eigenvalue weighted by Gasteiger charge is 2.01. The summed E-state index contributed by atoms with van der Waals surface area (Å²) in [6.07, 6.45) is 1.52. The van der Waals surface area contributed by atoms with Crippen molar-refractivity contribution in [2.24, 2.45) is 0 Å². The van der Waals surface area contributed by atoms with Gasteiger partial charge in [-0.05, 0) is 13.0 Å². The molecule has 0 aliphatic heterocycles. The minimum Gasteiger partial charge on any atom is -0.199 e. The number of fused-ring (bicyclic) bond motifs is 1. The monoisotopic (exact) mass is 168 g/mol. The van der Waals surface area contributed by atoms with Gasteiger partial charge in [0.2, 0.25) is 0 Å². The molecule has 2 rings (SSSR count). The summed E-state index contributed by atoms with van der Waals surface area (Å²) in [5, 5.41) is 12.1. The summed E-state index contributed by atoms with van der Waals surface area (Å²) < 4.78 is 1.55. The Labute approximate surface area is 67.8 Å². The van der Waals surface area contributed by atoms with Crippen molar-refractivity contribution >= 4 is 17.2 Å². The average molecular weight is 169 g/mol. The quantitative estimate of drug-likeness (QED) is 0.592. The molecule has 0 aromatic carbocycles. The largest absolute Gasteiger partial charge is 0.199 e. The van der Waals surface area contributed by atoms with Gasteiger partial charge in [-0.2, -0.15) is 9.61 Å². The first kappa shape index (κ1) is 6.54. The van der Waals surface area contributed by atoms with Gasteiger partial charge in [0.05, 0.1) is 10.7 Å². The van der Waals surface area contributed by atoms with E-state index >= 15 is 0 Å². The summed E-state index contributed by atoms with van der Waals surface area (Å²) in [5.74, 6) is 0. The van der Waals surface area contributed by atoms with Crippen molar-refractivity contribution in [2.45, 2.75) is 6.92 Å². The second-order valence-electron chi connectivity index (χ2n) is 2.23. The first-order chi connectivity index (χ1) is 5.27. The van der Waals surface area contributed by atoms with Crippen LogP contribution in [0.3, 0.4) is 0 Å². The van der Waals surface area contributed by atoms with Gasteiger partial charge >= 0.3 is 0 Å². The van der Waals surface area contributed by atoms with Gasteiger partial charge in [-0.15, -0.1) is 10.2 Å². The smallest absolute Gasteiger partial charge is 0.196 e. The Morgan fingerprint density at radius 1 is 1.55 bits per heavy atom. The fourth-order valence-electron chi connectivity index (χ4n) is 0.907. The normalized spacial score (nSPS) is 10.7. The number of hydrogen-bond donors (Lipinski definition) is 0. The zero-order valence-electron chi connectivity index (χ0n) is 5.82. The lowest BCUT2D eigenvalue weighted by atomic mass is 10.4. The molecule has 0 spiro atoms. The summed E-state index contributed by atoms with van der Waals surface area (Å²) in [7, 11) is 0. The molecule has 2 aromatic rings. The molecule has 5 heteroatoms. The number of nitrogens with zero attached hydrogens (tertiary/aromatic N) is 4. The fourth-order valence-corrected chi connectivity index (χ4v) is 1.19. The summed E-state index contributed by atoms with van der Waals surface area (Å²) >= 11 is 5.84.